The van der Waals surface area contributed by atoms with Gasteiger partial charge in [0.25, 0.3) is 5.91 Å². The Hall–Kier alpha value is -3.51. The van der Waals surface area contributed by atoms with Gasteiger partial charge in [-0.1, -0.05) is 41.9 Å². The van der Waals surface area contributed by atoms with E-state index in [1.165, 1.54) is 0 Å². The van der Waals surface area contributed by atoms with Crippen LogP contribution in [0.2, 0.25) is 5.02 Å². The van der Waals surface area contributed by atoms with Crippen LogP contribution in [0.25, 0.3) is 22.1 Å². The molecule has 0 aliphatic carbocycles. The second kappa shape index (κ2) is 7.14. The number of aromatic amines is 1. The molecule has 0 unspecified atom stereocenters. The Morgan fingerprint density at radius 1 is 1.14 bits per heavy atom. The van der Waals surface area contributed by atoms with Crippen molar-refractivity contribution in [3.8, 4) is 0 Å². The molecule has 3 heterocycles. The molecule has 0 aliphatic rings. The minimum absolute atomic E-state index is 0.205. The van der Waals surface area contributed by atoms with Crippen molar-refractivity contribution >= 4 is 39.6 Å². The van der Waals surface area contributed by atoms with Crippen molar-refractivity contribution in [1.82, 2.24) is 19.9 Å². The average molecular weight is 405 g/mol. The fourth-order valence-electron chi connectivity index (χ4n) is 3.48. The van der Waals surface area contributed by atoms with Gasteiger partial charge in [-0.3, -0.25) is 4.79 Å². The SMILES string of the molecule is O=C(NCc1nc2ccccc2[nH]1)c1cc2occc2n1Cc1ccccc1Cl. The van der Waals surface area contributed by atoms with Crippen LogP contribution < -0.4 is 5.32 Å². The van der Waals surface area contributed by atoms with Crippen LogP contribution >= 0.6 is 11.6 Å². The van der Waals surface area contributed by atoms with Crippen LogP contribution in [0.3, 0.4) is 0 Å². The number of furan rings is 1. The van der Waals surface area contributed by atoms with Crippen molar-refractivity contribution in [2.75, 3.05) is 0 Å². The molecule has 6 nitrogen and oxygen atoms in total. The van der Waals surface area contributed by atoms with Crippen LogP contribution in [0.5, 0.6) is 0 Å². The highest BCUT2D eigenvalue weighted by atomic mass is 35.5. The molecule has 7 heteroatoms. The summed E-state index contributed by atoms with van der Waals surface area (Å²) in [5, 5.41) is 3.60. The Labute approximate surface area is 171 Å². The Balaban J connectivity index is 1.42. The lowest BCUT2D eigenvalue weighted by Gasteiger charge is -2.11. The maximum Gasteiger partial charge on any atom is 0.268 e. The molecule has 0 bridgehead atoms. The van der Waals surface area contributed by atoms with E-state index in [1.807, 2.05) is 59.2 Å². The number of aromatic nitrogens is 3. The van der Waals surface area contributed by atoms with Gasteiger partial charge in [-0.05, 0) is 23.8 Å². The third-order valence-electron chi connectivity index (χ3n) is 4.90. The van der Waals surface area contributed by atoms with Crippen molar-refractivity contribution < 1.29 is 9.21 Å². The standard InChI is InChI=1S/C22H17ClN4O2/c23-15-6-2-1-5-14(15)13-27-18-9-10-29-20(18)11-19(27)22(28)24-12-21-25-16-7-3-4-8-17(16)26-21/h1-11H,12-13H2,(H,24,28)(H,25,26). The first-order valence-corrected chi connectivity index (χ1v) is 9.59. The summed E-state index contributed by atoms with van der Waals surface area (Å²) < 4.78 is 7.42. The van der Waals surface area contributed by atoms with Crippen LogP contribution in [0.1, 0.15) is 21.9 Å². The zero-order chi connectivity index (χ0) is 19.8. The number of nitrogens with one attached hydrogen (secondary N) is 2. The maximum absolute atomic E-state index is 12.9. The third-order valence-corrected chi connectivity index (χ3v) is 5.27. The number of amides is 1. The lowest BCUT2D eigenvalue weighted by atomic mass is 10.2. The number of halogens is 1. The normalized spacial score (nSPS) is 11.3. The van der Waals surface area contributed by atoms with E-state index in [4.69, 9.17) is 16.0 Å². The quantitative estimate of drug-likeness (QED) is 0.444. The number of rotatable bonds is 5. The molecule has 0 atom stereocenters. The van der Waals surface area contributed by atoms with Crippen molar-refractivity contribution in [3.63, 3.8) is 0 Å². The van der Waals surface area contributed by atoms with E-state index in [0.29, 0.717) is 35.2 Å². The van der Waals surface area contributed by atoms with Crippen molar-refractivity contribution in [2.45, 2.75) is 13.1 Å². The number of hydrogen-bond acceptors (Lipinski definition) is 3. The maximum atomic E-state index is 12.9. The number of H-pyrrole nitrogens is 1. The topological polar surface area (TPSA) is 75.8 Å². The summed E-state index contributed by atoms with van der Waals surface area (Å²) in [6.07, 6.45) is 1.61. The predicted octanol–water partition coefficient (Wildman–Crippen LogP) is 4.74. The molecule has 5 rings (SSSR count). The van der Waals surface area contributed by atoms with Gasteiger partial charge in [-0.25, -0.2) is 4.98 Å². The van der Waals surface area contributed by atoms with Gasteiger partial charge in [-0.15, -0.1) is 0 Å². The number of carbonyl (C=O) groups excluding carboxylic acids is 1. The summed E-state index contributed by atoms with van der Waals surface area (Å²) in [6, 6.07) is 19.0. The predicted molar refractivity (Wildman–Crippen MR) is 112 cm³/mol. The Kier molecular flexibility index (Phi) is 4.33. The minimum atomic E-state index is -0.205. The van der Waals surface area contributed by atoms with Crippen molar-refractivity contribution in [2.24, 2.45) is 0 Å². The van der Waals surface area contributed by atoms with Gasteiger partial charge in [0, 0.05) is 23.7 Å². The number of hydrogen-bond donors (Lipinski definition) is 2. The number of imidazole rings is 1. The molecular weight excluding hydrogens is 388 g/mol. The fourth-order valence-corrected chi connectivity index (χ4v) is 3.67. The van der Waals surface area contributed by atoms with E-state index < -0.39 is 0 Å². The zero-order valence-corrected chi connectivity index (χ0v) is 16.1. The van der Waals surface area contributed by atoms with Crippen LogP contribution in [0, 0.1) is 0 Å². The molecule has 0 fully saturated rings. The van der Waals surface area contributed by atoms with Crippen LogP contribution in [0.15, 0.2) is 71.3 Å². The fraction of sp³-hybridized carbons (Fsp3) is 0.0909. The van der Waals surface area contributed by atoms with Crippen molar-refractivity contribution in [3.05, 3.63) is 89.0 Å². The molecule has 3 aromatic heterocycles. The monoisotopic (exact) mass is 404 g/mol. The largest absolute Gasteiger partial charge is 0.463 e. The first kappa shape index (κ1) is 17.6. The highest BCUT2D eigenvalue weighted by Crippen LogP contribution is 2.25. The van der Waals surface area contributed by atoms with E-state index in [0.717, 1.165) is 22.1 Å². The Bertz CT molecular complexity index is 1300. The van der Waals surface area contributed by atoms with Crippen LogP contribution in [-0.4, -0.2) is 20.4 Å². The van der Waals surface area contributed by atoms with Gasteiger partial charge in [0.2, 0.25) is 0 Å². The summed E-state index contributed by atoms with van der Waals surface area (Å²) >= 11 is 6.33. The molecule has 5 aromatic rings. The molecule has 0 saturated carbocycles. The molecule has 0 radical (unpaired) electrons. The first-order chi connectivity index (χ1) is 14.2. The molecule has 0 spiro atoms. The van der Waals surface area contributed by atoms with Gasteiger partial charge in [0.1, 0.15) is 11.5 Å². The molecule has 144 valence electrons. The Morgan fingerprint density at radius 3 is 2.83 bits per heavy atom. The molecule has 29 heavy (non-hydrogen) atoms. The second-order valence-electron chi connectivity index (χ2n) is 6.76. The summed E-state index contributed by atoms with van der Waals surface area (Å²) in [4.78, 5) is 20.7. The third kappa shape index (κ3) is 3.28. The van der Waals surface area contributed by atoms with Gasteiger partial charge in [-0.2, -0.15) is 0 Å². The zero-order valence-electron chi connectivity index (χ0n) is 15.4. The van der Waals surface area contributed by atoms with Crippen molar-refractivity contribution in [1.29, 1.82) is 0 Å². The van der Waals surface area contributed by atoms with Gasteiger partial charge >= 0.3 is 0 Å². The second-order valence-corrected chi connectivity index (χ2v) is 7.17. The van der Waals surface area contributed by atoms with E-state index in [9.17, 15) is 4.79 Å². The summed E-state index contributed by atoms with van der Waals surface area (Å²) in [5.74, 6) is 0.497. The number of nitrogens with zero attached hydrogens (tertiary/aromatic N) is 2. The first-order valence-electron chi connectivity index (χ1n) is 9.21. The highest BCUT2D eigenvalue weighted by molar-refractivity contribution is 6.31. The van der Waals surface area contributed by atoms with Crippen LogP contribution in [-0.2, 0) is 13.1 Å². The molecule has 0 saturated heterocycles. The molecule has 2 N–H and O–H groups in total. The number of fused-ring (bicyclic) bond motifs is 2. The summed E-state index contributed by atoms with van der Waals surface area (Å²) in [5.41, 5.74) is 4.76. The lowest BCUT2D eigenvalue weighted by Crippen LogP contribution is -2.26. The van der Waals surface area contributed by atoms with E-state index >= 15 is 0 Å². The molecule has 1 amide bonds. The number of carbonyl (C=O) groups is 1. The summed E-state index contributed by atoms with van der Waals surface area (Å²) in [7, 11) is 0. The number of benzene rings is 2. The summed E-state index contributed by atoms with van der Waals surface area (Å²) in [6.45, 7) is 0.766. The van der Waals surface area contributed by atoms with Gasteiger partial charge in [0.05, 0.1) is 29.4 Å². The van der Waals surface area contributed by atoms with E-state index in [2.05, 4.69) is 15.3 Å². The average Bonchev–Trinajstić information content (AvgIpc) is 3.43. The minimum Gasteiger partial charge on any atom is -0.463 e. The van der Waals surface area contributed by atoms with Gasteiger partial charge < -0.3 is 19.3 Å². The smallest absolute Gasteiger partial charge is 0.268 e. The molecule has 0 aliphatic heterocycles. The van der Waals surface area contributed by atoms with Crippen LogP contribution in [0.4, 0.5) is 0 Å². The number of para-hydroxylation sites is 2. The molecule has 2 aromatic carbocycles. The lowest BCUT2D eigenvalue weighted by molar-refractivity contribution is 0.0941. The van der Waals surface area contributed by atoms with Gasteiger partial charge in [0.15, 0.2) is 5.58 Å². The van der Waals surface area contributed by atoms with E-state index in [1.54, 1.807) is 12.3 Å². The van der Waals surface area contributed by atoms with E-state index in [-0.39, 0.29) is 5.91 Å². The highest BCUT2D eigenvalue weighted by Gasteiger charge is 2.18. The molecular formula is C22H17ClN4O2. The Morgan fingerprint density at radius 2 is 1.97 bits per heavy atom.